The lowest BCUT2D eigenvalue weighted by Crippen LogP contribution is -2.36. The molecule has 0 bridgehead atoms. The molecule has 1 atom stereocenters. The van der Waals surface area contributed by atoms with E-state index in [0.717, 1.165) is 29.3 Å². The Labute approximate surface area is 277 Å². The summed E-state index contributed by atoms with van der Waals surface area (Å²) < 4.78 is 75.1. The van der Waals surface area contributed by atoms with Crippen molar-refractivity contribution in [2.24, 2.45) is 0 Å². The molecule has 0 saturated heterocycles. The summed E-state index contributed by atoms with van der Waals surface area (Å²) in [6.45, 7) is 5.16. The van der Waals surface area contributed by atoms with Gasteiger partial charge in [-0.15, -0.1) is 0 Å². The predicted octanol–water partition coefficient (Wildman–Crippen LogP) is 6.68. The van der Waals surface area contributed by atoms with Crippen molar-refractivity contribution >= 4 is 27.7 Å². The second-order valence-electron chi connectivity index (χ2n) is 12.6. The molecule has 2 amide bonds. The minimum absolute atomic E-state index is 0.0123. The highest BCUT2D eigenvalue weighted by molar-refractivity contribution is 7.88. The zero-order valence-electron chi connectivity index (χ0n) is 26.8. The van der Waals surface area contributed by atoms with Crippen molar-refractivity contribution < 1.29 is 35.9 Å². The Hall–Kier alpha value is -4.69. The van der Waals surface area contributed by atoms with Crippen molar-refractivity contribution in [2.45, 2.75) is 64.0 Å². The summed E-state index contributed by atoms with van der Waals surface area (Å²) in [5.74, 6) is -0.870. The molecule has 1 fully saturated rings. The van der Waals surface area contributed by atoms with Crippen molar-refractivity contribution in [3.8, 4) is 5.69 Å². The van der Waals surface area contributed by atoms with Gasteiger partial charge in [0.25, 0.3) is 5.91 Å². The predicted molar refractivity (Wildman–Crippen MR) is 174 cm³/mol. The van der Waals surface area contributed by atoms with E-state index in [2.05, 4.69) is 15.7 Å². The minimum atomic E-state index is -4.84. The fourth-order valence-corrected chi connectivity index (χ4v) is 6.65. The number of ether oxygens (including phenoxy) is 1. The highest BCUT2D eigenvalue weighted by Gasteiger charge is 2.41. The lowest BCUT2D eigenvalue weighted by atomic mass is 9.98. The van der Waals surface area contributed by atoms with Crippen LogP contribution in [-0.4, -0.2) is 52.4 Å². The molecule has 5 rings (SSSR count). The number of carbonyl (C=O) groups excluding carboxylic acids is 2. The molecule has 1 heterocycles. The molecule has 1 unspecified atom stereocenters. The van der Waals surface area contributed by atoms with Crippen molar-refractivity contribution in [2.75, 3.05) is 11.6 Å². The Morgan fingerprint density at radius 2 is 1.62 bits per heavy atom. The zero-order valence-corrected chi connectivity index (χ0v) is 27.6. The molecule has 4 aromatic rings. The number of carbonyl (C=O) groups is 2. The Kier molecular flexibility index (Phi) is 9.70. The average molecular weight is 684 g/mol. The summed E-state index contributed by atoms with van der Waals surface area (Å²) in [4.78, 5) is 25.8. The van der Waals surface area contributed by atoms with E-state index >= 15 is 0 Å². The van der Waals surface area contributed by atoms with Gasteiger partial charge in [-0.1, -0.05) is 54.6 Å². The summed E-state index contributed by atoms with van der Waals surface area (Å²) in [6.07, 6.45) is -2.90. The summed E-state index contributed by atoms with van der Waals surface area (Å²) >= 11 is 0. The lowest BCUT2D eigenvalue weighted by molar-refractivity contribution is -0.141. The molecular weight excluding hydrogens is 647 g/mol. The van der Waals surface area contributed by atoms with Crippen LogP contribution in [-0.2, 0) is 27.5 Å². The number of alkyl halides is 3. The largest absolute Gasteiger partial charge is 0.444 e. The smallest absolute Gasteiger partial charge is 0.435 e. The maximum atomic E-state index is 13.8. The molecule has 3 aromatic carbocycles. The molecule has 0 radical (unpaired) electrons. The van der Waals surface area contributed by atoms with E-state index in [1.54, 1.807) is 57.2 Å². The number of nitrogens with one attached hydrogen (secondary N) is 2. The molecule has 0 aliphatic heterocycles. The Balaban J connectivity index is 1.45. The molecule has 254 valence electrons. The highest BCUT2D eigenvalue weighted by Crippen LogP contribution is 2.40. The minimum Gasteiger partial charge on any atom is -0.444 e. The van der Waals surface area contributed by atoms with E-state index < -0.39 is 45.5 Å². The Morgan fingerprint density at radius 3 is 2.25 bits per heavy atom. The van der Waals surface area contributed by atoms with Crippen molar-refractivity contribution in [1.29, 1.82) is 0 Å². The van der Waals surface area contributed by atoms with Gasteiger partial charge < -0.3 is 15.4 Å². The molecule has 48 heavy (non-hydrogen) atoms. The number of hydrogen-bond acceptors (Lipinski definition) is 6. The molecule has 0 spiro atoms. The van der Waals surface area contributed by atoms with Gasteiger partial charge in [0.05, 0.1) is 18.0 Å². The third-order valence-corrected chi connectivity index (χ3v) is 8.62. The first kappa shape index (κ1) is 34.6. The number of amides is 2. The van der Waals surface area contributed by atoms with Gasteiger partial charge >= 0.3 is 12.3 Å². The molecule has 2 N–H and O–H groups in total. The van der Waals surface area contributed by atoms with Crippen LogP contribution in [0.25, 0.3) is 5.69 Å². The fourth-order valence-electron chi connectivity index (χ4n) is 5.27. The number of benzene rings is 3. The number of rotatable bonds is 10. The molecule has 1 aromatic heterocycles. The third kappa shape index (κ3) is 8.61. The normalized spacial score (nSPS) is 14.4. The standard InChI is InChI=1S/C34H36F3N5O5S/c1-33(2,3)47-32(44)38-21-22-10-8-15-27(18-22)41-28(20-29(40-41)34(35,36)37)31(43)39-25-14-9-13-24(19-25)30(23-11-6-5-7-12-23)42(26-16-17-26)48(4,45)46/h5-15,18-20,26,30H,16-17,21H2,1-4H3,(H,38,44)(H,39,43). The van der Waals surface area contributed by atoms with E-state index in [-0.39, 0.29) is 29.7 Å². The number of sulfonamides is 1. The first-order valence-electron chi connectivity index (χ1n) is 15.2. The van der Waals surface area contributed by atoms with Crippen LogP contribution in [0, 0.1) is 0 Å². The van der Waals surface area contributed by atoms with Crippen LogP contribution in [0.3, 0.4) is 0 Å². The third-order valence-electron chi connectivity index (χ3n) is 7.34. The maximum absolute atomic E-state index is 13.8. The quantitative estimate of drug-likeness (QED) is 0.192. The van der Waals surface area contributed by atoms with Crippen molar-refractivity contribution in [3.05, 3.63) is 113 Å². The molecule has 1 aliphatic rings. The van der Waals surface area contributed by atoms with E-state index in [4.69, 9.17) is 4.74 Å². The fraction of sp³-hybridized carbons (Fsp3) is 0.324. The van der Waals surface area contributed by atoms with Gasteiger partial charge in [0, 0.05) is 24.3 Å². The number of hydrogen-bond donors (Lipinski definition) is 2. The van der Waals surface area contributed by atoms with Gasteiger partial charge in [-0.2, -0.15) is 22.6 Å². The molecule has 1 aliphatic carbocycles. The summed E-state index contributed by atoms with van der Waals surface area (Å²) in [7, 11) is -3.65. The Morgan fingerprint density at radius 1 is 0.958 bits per heavy atom. The van der Waals surface area contributed by atoms with Crippen molar-refractivity contribution in [3.63, 3.8) is 0 Å². The second-order valence-corrected chi connectivity index (χ2v) is 14.5. The van der Waals surface area contributed by atoms with Crippen LogP contribution in [0.15, 0.2) is 84.9 Å². The van der Waals surface area contributed by atoms with Crippen LogP contribution in [0.1, 0.15) is 72.5 Å². The summed E-state index contributed by atoms with van der Waals surface area (Å²) in [6, 6.07) is 21.7. The highest BCUT2D eigenvalue weighted by atomic mass is 32.2. The molecular formula is C34H36F3N5O5S. The van der Waals surface area contributed by atoms with Gasteiger partial charge in [-0.05, 0) is 74.6 Å². The number of halogens is 3. The molecule has 10 nitrogen and oxygen atoms in total. The van der Waals surface area contributed by atoms with Gasteiger partial charge in [-0.3, -0.25) is 4.79 Å². The Bertz CT molecular complexity index is 1900. The first-order chi connectivity index (χ1) is 22.5. The second kappa shape index (κ2) is 13.4. The van der Waals surface area contributed by atoms with Crippen LogP contribution in [0.4, 0.5) is 23.7 Å². The van der Waals surface area contributed by atoms with Gasteiger partial charge in [0.15, 0.2) is 5.69 Å². The van der Waals surface area contributed by atoms with Crippen LogP contribution in [0.2, 0.25) is 0 Å². The summed E-state index contributed by atoms with van der Waals surface area (Å²) in [5, 5.41) is 8.97. The van der Waals surface area contributed by atoms with E-state index in [0.29, 0.717) is 17.2 Å². The van der Waals surface area contributed by atoms with E-state index in [9.17, 15) is 31.2 Å². The molecule has 14 heteroatoms. The lowest BCUT2D eigenvalue weighted by Gasteiger charge is -2.31. The summed E-state index contributed by atoms with van der Waals surface area (Å²) in [5.41, 5.74) is -0.137. The number of nitrogens with zero attached hydrogens (tertiary/aromatic N) is 3. The van der Waals surface area contributed by atoms with Gasteiger partial charge in [-0.25, -0.2) is 17.9 Å². The average Bonchev–Trinajstić information content (AvgIpc) is 3.72. The van der Waals surface area contributed by atoms with Crippen LogP contribution < -0.4 is 10.6 Å². The number of anilines is 1. The first-order valence-corrected chi connectivity index (χ1v) is 17.0. The van der Waals surface area contributed by atoms with Crippen LogP contribution in [0.5, 0.6) is 0 Å². The maximum Gasteiger partial charge on any atom is 0.435 e. The van der Waals surface area contributed by atoms with Gasteiger partial charge in [0.1, 0.15) is 11.3 Å². The monoisotopic (exact) mass is 683 g/mol. The topological polar surface area (TPSA) is 123 Å². The van der Waals surface area contributed by atoms with E-state index in [1.807, 2.05) is 30.3 Å². The number of alkyl carbamates (subject to hydrolysis) is 1. The molecule has 1 saturated carbocycles. The van der Waals surface area contributed by atoms with Crippen molar-refractivity contribution in [1.82, 2.24) is 19.4 Å². The van der Waals surface area contributed by atoms with E-state index in [1.165, 1.54) is 16.4 Å². The van der Waals surface area contributed by atoms with Gasteiger partial charge in [0.2, 0.25) is 10.0 Å². The SMILES string of the molecule is CC(C)(C)OC(=O)NCc1cccc(-n2nc(C(F)(F)F)cc2C(=O)Nc2cccc(C(c3ccccc3)N(C3CC3)S(C)(=O)=O)c2)c1. The number of aromatic nitrogens is 2. The zero-order chi connectivity index (χ0) is 34.9. The van der Waals surface area contributed by atoms with Crippen LogP contribution >= 0.6 is 0 Å².